The van der Waals surface area contributed by atoms with Gasteiger partial charge in [-0.15, -0.1) is 0 Å². The van der Waals surface area contributed by atoms with Crippen LogP contribution in [0.5, 0.6) is 0 Å². The first kappa shape index (κ1) is 19.3. The molecule has 0 radical (unpaired) electrons. The van der Waals surface area contributed by atoms with Crippen LogP contribution in [0.25, 0.3) is 39.9 Å². The SMILES string of the molecule is FC(F)(F)c1cc(-c2ccc(Cl)cc2)nc2cc(-c3nc(-c4ccccc4)no3)nn12. The Morgan fingerprint density at radius 1 is 0.839 bits per heavy atom. The molecule has 3 heterocycles. The van der Waals surface area contributed by atoms with Crippen LogP contribution in [0.15, 0.2) is 71.3 Å². The van der Waals surface area contributed by atoms with E-state index in [0.717, 1.165) is 10.6 Å². The number of rotatable bonds is 3. The van der Waals surface area contributed by atoms with Gasteiger partial charge in [0.25, 0.3) is 5.89 Å². The van der Waals surface area contributed by atoms with Gasteiger partial charge in [-0.25, -0.2) is 9.50 Å². The fourth-order valence-electron chi connectivity index (χ4n) is 3.08. The molecular weight excluding hydrogens is 431 g/mol. The smallest absolute Gasteiger partial charge is 0.332 e. The predicted molar refractivity (Wildman–Crippen MR) is 107 cm³/mol. The van der Waals surface area contributed by atoms with Crippen molar-refractivity contribution in [1.82, 2.24) is 24.7 Å². The van der Waals surface area contributed by atoms with E-state index < -0.39 is 11.9 Å². The highest BCUT2D eigenvalue weighted by molar-refractivity contribution is 6.30. The lowest BCUT2D eigenvalue weighted by Gasteiger charge is -2.11. The third-order valence-corrected chi connectivity index (χ3v) is 4.79. The average molecular weight is 442 g/mol. The summed E-state index contributed by atoms with van der Waals surface area (Å²) < 4.78 is 47.2. The number of hydrogen-bond donors (Lipinski definition) is 0. The van der Waals surface area contributed by atoms with Gasteiger partial charge in [-0.2, -0.15) is 23.3 Å². The normalized spacial score (nSPS) is 11.9. The zero-order valence-corrected chi connectivity index (χ0v) is 16.3. The van der Waals surface area contributed by atoms with Crippen LogP contribution in [-0.4, -0.2) is 24.7 Å². The number of alkyl halides is 3. The number of aromatic nitrogens is 5. The van der Waals surface area contributed by atoms with Gasteiger partial charge >= 0.3 is 6.18 Å². The second-order valence-corrected chi connectivity index (χ2v) is 7.06. The van der Waals surface area contributed by atoms with Crippen LogP contribution in [0.1, 0.15) is 5.69 Å². The molecule has 31 heavy (non-hydrogen) atoms. The minimum Gasteiger partial charge on any atom is -0.332 e. The number of benzene rings is 2. The van der Waals surface area contributed by atoms with E-state index in [2.05, 4.69) is 20.2 Å². The first-order chi connectivity index (χ1) is 14.9. The Morgan fingerprint density at radius 2 is 1.58 bits per heavy atom. The molecule has 0 saturated heterocycles. The third-order valence-electron chi connectivity index (χ3n) is 4.53. The number of fused-ring (bicyclic) bond motifs is 1. The summed E-state index contributed by atoms with van der Waals surface area (Å²) in [6.45, 7) is 0. The van der Waals surface area contributed by atoms with E-state index in [1.54, 1.807) is 36.4 Å². The minimum absolute atomic E-state index is 0.00534. The molecule has 3 aromatic heterocycles. The maximum Gasteiger partial charge on any atom is 0.433 e. The Bertz CT molecular complexity index is 1380. The molecule has 5 aromatic rings. The van der Waals surface area contributed by atoms with Crippen molar-refractivity contribution >= 4 is 17.2 Å². The standard InChI is InChI=1S/C21H11ClF3N5O/c22-14-8-6-12(7-9-14)15-10-17(21(23,24)25)30-18(26-15)11-16(28-30)20-27-19(29-31-20)13-4-2-1-3-5-13/h1-11H. The summed E-state index contributed by atoms with van der Waals surface area (Å²) in [5.74, 6) is 0.295. The van der Waals surface area contributed by atoms with E-state index in [0.29, 0.717) is 22.0 Å². The molecule has 0 amide bonds. The molecule has 0 aliphatic heterocycles. The fourth-order valence-corrected chi connectivity index (χ4v) is 3.21. The molecule has 10 heteroatoms. The highest BCUT2D eigenvalue weighted by atomic mass is 35.5. The van der Waals surface area contributed by atoms with Crippen LogP contribution < -0.4 is 0 Å². The molecule has 154 valence electrons. The third kappa shape index (κ3) is 3.64. The van der Waals surface area contributed by atoms with Crippen molar-refractivity contribution in [3.05, 3.63) is 77.4 Å². The molecular formula is C21H11ClF3N5O. The van der Waals surface area contributed by atoms with E-state index >= 15 is 0 Å². The van der Waals surface area contributed by atoms with Gasteiger partial charge in [-0.3, -0.25) is 0 Å². The number of nitrogens with zero attached hydrogens (tertiary/aromatic N) is 5. The van der Waals surface area contributed by atoms with Crippen LogP contribution in [0.3, 0.4) is 0 Å². The van der Waals surface area contributed by atoms with Crippen LogP contribution in [-0.2, 0) is 6.18 Å². The van der Waals surface area contributed by atoms with Crippen molar-refractivity contribution in [2.45, 2.75) is 6.18 Å². The van der Waals surface area contributed by atoms with Gasteiger partial charge in [0.15, 0.2) is 17.0 Å². The summed E-state index contributed by atoms with van der Waals surface area (Å²) >= 11 is 5.88. The van der Waals surface area contributed by atoms with Crippen molar-refractivity contribution in [2.75, 3.05) is 0 Å². The fraction of sp³-hybridized carbons (Fsp3) is 0.0476. The van der Waals surface area contributed by atoms with Crippen molar-refractivity contribution < 1.29 is 17.7 Å². The van der Waals surface area contributed by atoms with Gasteiger partial charge in [0.2, 0.25) is 5.82 Å². The van der Waals surface area contributed by atoms with Gasteiger partial charge in [0, 0.05) is 22.2 Å². The Hall–Kier alpha value is -3.72. The Labute approximate surface area is 177 Å². The molecule has 0 fully saturated rings. The largest absolute Gasteiger partial charge is 0.433 e. The van der Waals surface area contributed by atoms with E-state index in [9.17, 15) is 13.2 Å². The lowest BCUT2D eigenvalue weighted by Crippen LogP contribution is -2.13. The van der Waals surface area contributed by atoms with E-state index in [1.165, 1.54) is 6.07 Å². The molecule has 6 nitrogen and oxygen atoms in total. The monoisotopic (exact) mass is 441 g/mol. The highest BCUT2D eigenvalue weighted by Gasteiger charge is 2.35. The first-order valence-corrected chi connectivity index (χ1v) is 9.40. The molecule has 0 unspecified atom stereocenters. The van der Waals surface area contributed by atoms with Crippen molar-refractivity contribution in [3.63, 3.8) is 0 Å². The zero-order chi connectivity index (χ0) is 21.6. The first-order valence-electron chi connectivity index (χ1n) is 9.02. The molecule has 0 N–H and O–H groups in total. The molecule has 0 bridgehead atoms. The number of hydrogen-bond acceptors (Lipinski definition) is 5. The van der Waals surface area contributed by atoms with Gasteiger partial charge in [0.1, 0.15) is 0 Å². The maximum absolute atomic E-state index is 13.8. The van der Waals surface area contributed by atoms with Gasteiger partial charge in [0.05, 0.1) is 5.69 Å². The Kier molecular flexibility index (Phi) is 4.48. The molecule has 0 spiro atoms. The van der Waals surface area contributed by atoms with Gasteiger partial charge in [-0.05, 0) is 18.2 Å². The summed E-state index contributed by atoms with van der Waals surface area (Å²) in [4.78, 5) is 8.58. The second-order valence-electron chi connectivity index (χ2n) is 6.62. The van der Waals surface area contributed by atoms with Gasteiger partial charge < -0.3 is 4.52 Å². The van der Waals surface area contributed by atoms with E-state index in [1.807, 2.05) is 18.2 Å². The van der Waals surface area contributed by atoms with Crippen LogP contribution in [0.2, 0.25) is 5.02 Å². The van der Waals surface area contributed by atoms with Crippen molar-refractivity contribution in [1.29, 1.82) is 0 Å². The minimum atomic E-state index is -4.66. The molecule has 0 aliphatic carbocycles. The summed E-state index contributed by atoms with van der Waals surface area (Å²) in [5, 5.41) is 8.38. The van der Waals surface area contributed by atoms with Crippen LogP contribution in [0.4, 0.5) is 13.2 Å². The molecule has 0 saturated carbocycles. The van der Waals surface area contributed by atoms with Crippen molar-refractivity contribution in [2.24, 2.45) is 0 Å². The number of halogens is 4. The topological polar surface area (TPSA) is 69.1 Å². The van der Waals surface area contributed by atoms with Crippen molar-refractivity contribution in [3.8, 4) is 34.2 Å². The highest BCUT2D eigenvalue weighted by Crippen LogP contribution is 2.33. The predicted octanol–water partition coefficient (Wildman–Crippen LogP) is 5.79. The molecule has 5 rings (SSSR count). The van der Waals surface area contributed by atoms with Crippen LogP contribution >= 0.6 is 11.6 Å². The van der Waals surface area contributed by atoms with Crippen LogP contribution in [0, 0.1) is 0 Å². The quantitative estimate of drug-likeness (QED) is 0.354. The molecule has 0 atom stereocenters. The summed E-state index contributed by atoms with van der Waals surface area (Å²) in [5.41, 5.74) is 0.440. The Balaban J connectivity index is 1.63. The average Bonchev–Trinajstić information content (AvgIpc) is 3.40. The zero-order valence-electron chi connectivity index (χ0n) is 15.5. The van der Waals surface area contributed by atoms with E-state index in [-0.39, 0.29) is 22.9 Å². The Morgan fingerprint density at radius 3 is 2.29 bits per heavy atom. The molecule has 0 aliphatic rings. The lowest BCUT2D eigenvalue weighted by atomic mass is 10.1. The maximum atomic E-state index is 13.8. The summed E-state index contributed by atoms with van der Waals surface area (Å²) in [6, 6.07) is 17.7. The summed E-state index contributed by atoms with van der Waals surface area (Å²) in [7, 11) is 0. The lowest BCUT2D eigenvalue weighted by molar-refractivity contribution is -0.142. The summed E-state index contributed by atoms with van der Waals surface area (Å²) in [6.07, 6.45) is -4.66. The molecule has 2 aromatic carbocycles. The van der Waals surface area contributed by atoms with Gasteiger partial charge in [-0.1, -0.05) is 59.2 Å². The van der Waals surface area contributed by atoms with E-state index in [4.69, 9.17) is 16.1 Å². The second kappa shape index (κ2) is 7.21.